The van der Waals surface area contributed by atoms with Crippen molar-refractivity contribution in [2.45, 2.75) is 19.1 Å². The third-order valence-corrected chi connectivity index (χ3v) is 3.34. The van der Waals surface area contributed by atoms with Gasteiger partial charge in [-0.05, 0) is 23.3 Å². The molecule has 0 fully saturated rings. The van der Waals surface area contributed by atoms with Crippen molar-refractivity contribution in [3.05, 3.63) is 65.7 Å². The Labute approximate surface area is 130 Å². The van der Waals surface area contributed by atoms with E-state index in [0.717, 1.165) is 16.9 Å². The highest BCUT2D eigenvalue weighted by Crippen LogP contribution is 2.14. The molecule has 2 aromatic carbocycles. The molecule has 2 aromatic rings. The summed E-state index contributed by atoms with van der Waals surface area (Å²) in [5.74, 6) is 0.426. The lowest BCUT2D eigenvalue weighted by Gasteiger charge is -2.16. The fraction of sp³-hybridized carbons (Fsp3) is 0.278. The van der Waals surface area contributed by atoms with Gasteiger partial charge in [-0.2, -0.15) is 0 Å². The van der Waals surface area contributed by atoms with Gasteiger partial charge in [-0.1, -0.05) is 42.5 Å². The van der Waals surface area contributed by atoms with E-state index >= 15 is 0 Å². The van der Waals surface area contributed by atoms with Crippen molar-refractivity contribution in [2.75, 3.05) is 14.2 Å². The van der Waals surface area contributed by atoms with Crippen molar-refractivity contribution in [3.63, 3.8) is 0 Å². The number of hydrogen-bond acceptors (Lipinski definition) is 4. The number of rotatable bonds is 7. The first-order valence-electron chi connectivity index (χ1n) is 7.09. The van der Waals surface area contributed by atoms with E-state index in [1.54, 1.807) is 7.11 Å². The zero-order chi connectivity index (χ0) is 15.8. The van der Waals surface area contributed by atoms with E-state index in [-0.39, 0.29) is 5.97 Å². The van der Waals surface area contributed by atoms with Crippen LogP contribution in [0.15, 0.2) is 54.6 Å². The van der Waals surface area contributed by atoms with Gasteiger partial charge in [0.15, 0.2) is 6.10 Å². The summed E-state index contributed by atoms with van der Waals surface area (Å²) in [7, 11) is 3.00. The molecule has 0 bridgehead atoms. The molecule has 2 rings (SSSR count). The molecule has 0 amide bonds. The fourth-order valence-electron chi connectivity index (χ4n) is 2.09. The average Bonchev–Trinajstić information content (AvgIpc) is 2.59. The van der Waals surface area contributed by atoms with Gasteiger partial charge in [0.05, 0.1) is 20.8 Å². The van der Waals surface area contributed by atoms with Crippen molar-refractivity contribution < 1.29 is 19.0 Å². The van der Waals surface area contributed by atoms with Gasteiger partial charge < -0.3 is 14.2 Å². The maximum Gasteiger partial charge on any atom is 0.335 e. The third-order valence-electron chi connectivity index (χ3n) is 3.34. The van der Waals surface area contributed by atoms with E-state index in [0.29, 0.717) is 13.0 Å². The highest BCUT2D eigenvalue weighted by atomic mass is 16.6. The second-order valence-electron chi connectivity index (χ2n) is 4.86. The zero-order valence-corrected chi connectivity index (χ0v) is 12.8. The molecule has 0 saturated heterocycles. The number of carbonyl (C=O) groups is 1. The minimum atomic E-state index is -0.616. The SMILES string of the molecule is COC(=O)C(Cc1ccccc1)OCc1ccc(OC)cc1. The Morgan fingerprint density at radius 2 is 1.64 bits per heavy atom. The molecule has 0 heterocycles. The van der Waals surface area contributed by atoms with E-state index in [1.807, 2.05) is 54.6 Å². The number of benzene rings is 2. The summed E-state index contributed by atoms with van der Waals surface area (Å²) in [6.07, 6.45) is -0.126. The Morgan fingerprint density at radius 3 is 2.23 bits per heavy atom. The second-order valence-corrected chi connectivity index (χ2v) is 4.86. The van der Waals surface area contributed by atoms with Crippen molar-refractivity contribution in [2.24, 2.45) is 0 Å². The molecule has 4 heteroatoms. The van der Waals surface area contributed by atoms with E-state index in [1.165, 1.54) is 7.11 Å². The standard InChI is InChI=1S/C18H20O4/c1-20-16-10-8-15(9-11-16)13-22-17(18(19)21-2)12-14-6-4-3-5-7-14/h3-11,17H,12-13H2,1-2H3. The molecule has 0 radical (unpaired) electrons. The van der Waals surface area contributed by atoms with E-state index in [4.69, 9.17) is 14.2 Å². The smallest absolute Gasteiger partial charge is 0.335 e. The van der Waals surface area contributed by atoms with Crippen molar-refractivity contribution >= 4 is 5.97 Å². The van der Waals surface area contributed by atoms with Gasteiger partial charge >= 0.3 is 5.97 Å². The molecule has 1 atom stereocenters. The maximum absolute atomic E-state index is 11.9. The van der Waals surface area contributed by atoms with Crippen LogP contribution in [0.4, 0.5) is 0 Å². The summed E-state index contributed by atoms with van der Waals surface area (Å²) in [5, 5.41) is 0. The summed E-state index contributed by atoms with van der Waals surface area (Å²) >= 11 is 0. The normalized spacial score (nSPS) is 11.7. The van der Waals surface area contributed by atoms with Gasteiger partial charge in [0.1, 0.15) is 5.75 Å². The Kier molecular flexibility index (Phi) is 5.98. The molecular weight excluding hydrogens is 280 g/mol. The first-order chi connectivity index (χ1) is 10.7. The number of esters is 1. The van der Waals surface area contributed by atoms with Crippen molar-refractivity contribution in [1.82, 2.24) is 0 Å². The van der Waals surface area contributed by atoms with Crippen LogP contribution in [0.3, 0.4) is 0 Å². The Bertz CT molecular complexity index is 578. The molecule has 0 saturated carbocycles. The number of hydrogen-bond donors (Lipinski definition) is 0. The van der Waals surface area contributed by atoms with Crippen LogP contribution in [0, 0.1) is 0 Å². The van der Waals surface area contributed by atoms with Crippen LogP contribution in [0.2, 0.25) is 0 Å². The molecular formula is C18H20O4. The molecule has 0 aromatic heterocycles. The highest BCUT2D eigenvalue weighted by molar-refractivity contribution is 5.74. The lowest BCUT2D eigenvalue weighted by molar-refractivity contribution is -0.154. The van der Waals surface area contributed by atoms with Gasteiger partial charge in [0.25, 0.3) is 0 Å². The van der Waals surface area contributed by atoms with E-state index in [2.05, 4.69) is 0 Å². The topological polar surface area (TPSA) is 44.8 Å². The van der Waals surface area contributed by atoms with Crippen LogP contribution in [0.1, 0.15) is 11.1 Å². The zero-order valence-electron chi connectivity index (χ0n) is 12.8. The van der Waals surface area contributed by atoms with Crippen LogP contribution in [0.25, 0.3) is 0 Å². The summed E-state index contributed by atoms with van der Waals surface area (Å²) in [5.41, 5.74) is 2.01. The molecule has 0 N–H and O–H groups in total. The first kappa shape index (κ1) is 16.0. The van der Waals surface area contributed by atoms with E-state index in [9.17, 15) is 4.79 Å². The molecule has 4 nitrogen and oxygen atoms in total. The largest absolute Gasteiger partial charge is 0.497 e. The van der Waals surface area contributed by atoms with Crippen molar-refractivity contribution in [1.29, 1.82) is 0 Å². The summed E-state index contributed by atoms with van der Waals surface area (Å²) in [4.78, 5) is 11.9. The lowest BCUT2D eigenvalue weighted by atomic mass is 10.1. The number of carbonyl (C=O) groups excluding carboxylic acids is 1. The number of methoxy groups -OCH3 is 2. The molecule has 0 spiro atoms. The molecule has 1 unspecified atom stereocenters. The Morgan fingerprint density at radius 1 is 0.955 bits per heavy atom. The van der Waals surface area contributed by atoms with Gasteiger partial charge in [-0.25, -0.2) is 4.79 Å². The van der Waals surface area contributed by atoms with Gasteiger partial charge in [-0.15, -0.1) is 0 Å². The monoisotopic (exact) mass is 300 g/mol. The molecule has 0 aliphatic heterocycles. The Balaban J connectivity index is 1.98. The molecule has 22 heavy (non-hydrogen) atoms. The predicted molar refractivity (Wildman–Crippen MR) is 83.7 cm³/mol. The van der Waals surface area contributed by atoms with Crippen LogP contribution in [0.5, 0.6) is 5.75 Å². The summed E-state index contributed by atoms with van der Waals surface area (Å²) in [6.45, 7) is 0.344. The highest BCUT2D eigenvalue weighted by Gasteiger charge is 2.20. The fourth-order valence-corrected chi connectivity index (χ4v) is 2.09. The van der Waals surface area contributed by atoms with Gasteiger partial charge in [0, 0.05) is 6.42 Å². The Hall–Kier alpha value is -2.33. The summed E-state index contributed by atoms with van der Waals surface area (Å²) in [6, 6.07) is 17.3. The second kappa shape index (κ2) is 8.20. The molecule has 116 valence electrons. The van der Waals surface area contributed by atoms with Gasteiger partial charge in [0.2, 0.25) is 0 Å². The van der Waals surface area contributed by atoms with Crippen LogP contribution >= 0.6 is 0 Å². The van der Waals surface area contributed by atoms with Gasteiger partial charge in [-0.3, -0.25) is 0 Å². The van der Waals surface area contributed by atoms with Crippen molar-refractivity contribution in [3.8, 4) is 5.75 Å². The van der Waals surface area contributed by atoms with E-state index < -0.39 is 6.10 Å². The minimum absolute atomic E-state index is 0.344. The maximum atomic E-state index is 11.9. The average molecular weight is 300 g/mol. The number of ether oxygens (including phenoxy) is 3. The first-order valence-corrected chi connectivity index (χ1v) is 7.09. The predicted octanol–water partition coefficient (Wildman–Crippen LogP) is 3.00. The molecule has 0 aliphatic carbocycles. The third kappa shape index (κ3) is 4.60. The quantitative estimate of drug-likeness (QED) is 0.737. The van der Waals surface area contributed by atoms with Crippen LogP contribution in [-0.4, -0.2) is 26.3 Å². The lowest BCUT2D eigenvalue weighted by Crippen LogP contribution is -2.27. The van der Waals surface area contributed by atoms with Crippen LogP contribution < -0.4 is 4.74 Å². The molecule has 0 aliphatic rings. The minimum Gasteiger partial charge on any atom is -0.497 e. The van der Waals surface area contributed by atoms with Crippen LogP contribution in [-0.2, 0) is 27.3 Å². The summed E-state index contributed by atoms with van der Waals surface area (Å²) < 4.78 is 15.7.